The second kappa shape index (κ2) is 5.51. The summed E-state index contributed by atoms with van der Waals surface area (Å²) in [4.78, 5) is 11.0. The molecule has 1 fully saturated rings. The van der Waals surface area contributed by atoms with Crippen molar-refractivity contribution in [2.24, 2.45) is 5.16 Å². The third kappa shape index (κ3) is 3.09. The molecule has 6 nitrogen and oxygen atoms in total. The first-order chi connectivity index (χ1) is 9.41. The second-order valence-electron chi connectivity index (χ2n) is 4.26. The van der Waals surface area contributed by atoms with E-state index in [-0.39, 0.29) is 11.8 Å². The molecule has 0 spiro atoms. The van der Waals surface area contributed by atoms with E-state index in [1.165, 1.54) is 0 Å². The molecule has 1 aliphatic rings. The molecule has 2 heterocycles. The lowest BCUT2D eigenvalue weighted by Crippen LogP contribution is -2.48. The Bertz CT molecular complexity index is 480. The van der Waals surface area contributed by atoms with Crippen molar-refractivity contribution in [3.05, 3.63) is 24.9 Å². The molecule has 1 aliphatic heterocycles. The van der Waals surface area contributed by atoms with E-state index in [4.69, 9.17) is 5.21 Å². The molecule has 0 unspecified atom stereocenters. The monoisotopic (exact) mass is 288 g/mol. The quantitative estimate of drug-likeness (QED) is 0.364. The van der Waals surface area contributed by atoms with Gasteiger partial charge < -0.3 is 15.0 Å². The van der Waals surface area contributed by atoms with Gasteiger partial charge in [0.05, 0.1) is 5.56 Å². The van der Waals surface area contributed by atoms with Crippen LogP contribution in [0.5, 0.6) is 0 Å². The Morgan fingerprint density at radius 1 is 1.20 bits per heavy atom. The standard InChI is InChI=1S/C11H13F3N5O/c1-8(17-20)18-2-4-19(5-3-18)10-15-6-9(7-16-10)11(12,13)14/h6-7,20H,1-5H2. The highest BCUT2D eigenvalue weighted by atomic mass is 19.4. The maximum Gasteiger partial charge on any atom is 0.419 e. The Morgan fingerprint density at radius 2 is 1.75 bits per heavy atom. The minimum Gasteiger partial charge on any atom is -0.409 e. The summed E-state index contributed by atoms with van der Waals surface area (Å²) >= 11 is 0. The normalized spacial score (nSPS) is 17.5. The Morgan fingerprint density at radius 3 is 2.20 bits per heavy atom. The molecule has 0 amide bonds. The number of aromatic nitrogens is 2. The average molecular weight is 288 g/mol. The van der Waals surface area contributed by atoms with Gasteiger partial charge in [0, 0.05) is 45.5 Å². The van der Waals surface area contributed by atoms with Crippen LogP contribution in [0, 0.1) is 6.92 Å². The summed E-state index contributed by atoms with van der Waals surface area (Å²) in [5, 5.41) is 11.6. The maximum absolute atomic E-state index is 12.4. The van der Waals surface area contributed by atoms with E-state index in [2.05, 4.69) is 22.0 Å². The van der Waals surface area contributed by atoms with Crippen LogP contribution < -0.4 is 4.90 Å². The SMILES string of the molecule is [CH2]C(=NO)N1CCN(c2ncc(C(F)(F)F)cn2)CC1. The Kier molecular flexibility index (Phi) is 3.96. The Hall–Kier alpha value is -2.06. The zero-order valence-electron chi connectivity index (χ0n) is 10.5. The van der Waals surface area contributed by atoms with E-state index >= 15 is 0 Å². The van der Waals surface area contributed by atoms with Crippen LogP contribution in [0.2, 0.25) is 0 Å². The molecule has 109 valence electrons. The lowest BCUT2D eigenvalue weighted by molar-refractivity contribution is -0.138. The van der Waals surface area contributed by atoms with Gasteiger partial charge in [-0.15, -0.1) is 0 Å². The van der Waals surface area contributed by atoms with Gasteiger partial charge in [0.25, 0.3) is 0 Å². The molecule has 2 rings (SSSR count). The predicted molar refractivity (Wildman–Crippen MR) is 65.4 cm³/mol. The summed E-state index contributed by atoms with van der Waals surface area (Å²) in [7, 11) is 0. The molecule has 0 bridgehead atoms. The summed E-state index contributed by atoms with van der Waals surface area (Å²) in [6, 6.07) is 0. The van der Waals surface area contributed by atoms with Crippen molar-refractivity contribution in [1.82, 2.24) is 14.9 Å². The number of alkyl halides is 3. The fraction of sp³-hybridized carbons (Fsp3) is 0.455. The highest BCUT2D eigenvalue weighted by Gasteiger charge is 2.31. The molecule has 1 radical (unpaired) electrons. The first-order valence-electron chi connectivity index (χ1n) is 5.85. The molecule has 1 N–H and O–H groups in total. The molecule has 0 aromatic carbocycles. The highest BCUT2D eigenvalue weighted by Crippen LogP contribution is 2.28. The van der Waals surface area contributed by atoms with E-state index in [0.29, 0.717) is 26.2 Å². The summed E-state index contributed by atoms with van der Waals surface area (Å²) < 4.78 is 37.2. The maximum atomic E-state index is 12.4. The summed E-state index contributed by atoms with van der Waals surface area (Å²) in [5.41, 5.74) is -0.868. The van der Waals surface area contributed by atoms with Crippen LogP contribution in [-0.2, 0) is 6.18 Å². The van der Waals surface area contributed by atoms with Gasteiger partial charge >= 0.3 is 6.18 Å². The van der Waals surface area contributed by atoms with E-state index in [0.717, 1.165) is 12.4 Å². The van der Waals surface area contributed by atoms with Gasteiger partial charge in [-0.25, -0.2) is 9.97 Å². The largest absolute Gasteiger partial charge is 0.419 e. The van der Waals surface area contributed by atoms with Gasteiger partial charge in [0.2, 0.25) is 5.95 Å². The first kappa shape index (κ1) is 14.4. The highest BCUT2D eigenvalue weighted by molar-refractivity contribution is 5.85. The number of rotatable bonds is 1. The predicted octanol–water partition coefficient (Wildman–Crippen LogP) is 1.24. The topological polar surface area (TPSA) is 64.9 Å². The first-order valence-corrected chi connectivity index (χ1v) is 5.85. The Labute approximate surface area is 113 Å². The summed E-state index contributed by atoms with van der Waals surface area (Å²) in [5.74, 6) is 0.516. The minimum absolute atomic E-state index is 0.254. The van der Waals surface area contributed by atoms with Crippen molar-refractivity contribution in [3.8, 4) is 0 Å². The lowest BCUT2D eigenvalue weighted by atomic mass is 10.3. The van der Waals surface area contributed by atoms with Crippen molar-refractivity contribution in [3.63, 3.8) is 0 Å². The third-order valence-electron chi connectivity index (χ3n) is 3.01. The second-order valence-corrected chi connectivity index (χ2v) is 4.26. The zero-order valence-corrected chi connectivity index (χ0v) is 10.5. The fourth-order valence-electron chi connectivity index (χ4n) is 1.86. The molecule has 1 aromatic heterocycles. The van der Waals surface area contributed by atoms with Crippen molar-refractivity contribution in [2.75, 3.05) is 31.1 Å². The molecular weight excluding hydrogens is 275 g/mol. The van der Waals surface area contributed by atoms with Gasteiger partial charge in [-0.2, -0.15) is 13.2 Å². The van der Waals surface area contributed by atoms with Gasteiger partial charge in [-0.05, 0) is 0 Å². The van der Waals surface area contributed by atoms with Gasteiger partial charge in [-0.1, -0.05) is 5.16 Å². The van der Waals surface area contributed by atoms with E-state index < -0.39 is 11.7 Å². The lowest BCUT2D eigenvalue weighted by Gasteiger charge is -2.35. The summed E-state index contributed by atoms with van der Waals surface area (Å²) in [6.45, 7) is 5.67. The van der Waals surface area contributed by atoms with Crippen LogP contribution in [-0.4, -0.2) is 52.1 Å². The van der Waals surface area contributed by atoms with E-state index in [1.807, 2.05) is 0 Å². The van der Waals surface area contributed by atoms with Crippen LogP contribution in [0.3, 0.4) is 0 Å². The van der Waals surface area contributed by atoms with E-state index in [9.17, 15) is 13.2 Å². The molecular formula is C11H13F3N5O. The number of oxime groups is 1. The number of nitrogens with zero attached hydrogens (tertiary/aromatic N) is 5. The number of anilines is 1. The Balaban J connectivity index is 2.01. The molecule has 20 heavy (non-hydrogen) atoms. The average Bonchev–Trinajstić information content (AvgIpc) is 2.46. The molecule has 0 saturated carbocycles. The van der Waals surface area contributed by atoms with Crippen LogP contribution in [0.15, 0.2) is 17.5 Å². The molecule has 1 saturated heterocycles. The van der Waals surface area contributed by atoms with Crippen LogP contribution in [0.4, 0.5) is 19.1 Å². The van der Waals surface area contributed by atoms with Crippen molar-refractivity contribution in [1.29, 1.82) is 0 Å². The smallest absolute Gasteiger partial charge is 0.409 e. The van der Waals surface area contributed by atoms with Crippen LogP contribution in [0.25, 0.3) is 0 Å². The molecule has 9 heteroatoms. The van der Waals surface area contributed by atoms with E-state index in [1.54, 1.807) is 9.80 Å². The molecule has 1 aromatic rings. The zero-order chi connectivity index (χ0) is 14.8. The third-order valence-corrected chi connectivity index (χ3v) is 3.01. The number of amidine groups is 1. The van der Waals surface area contributed by atoms with Crippen molar-refractivity contribution < 1.29 is 18.4 Å². The number of hydrogen-bond donors (Lipinski definition) is 1. The summed E-state index contributed by atoms with van der Waals surface area (Å²) in [6.07, 6.45) is -2.88. The number of halogens is 3. The molecule has 0 aliphatic carbocycles. The van der Waals surface area contributed by atoms with Gasteiger partial charge in [0.15, 0.2) is 0 Å². The van der Waals surface area contributed by atoms with Gasteiger partial charge in [0.1, 0.15) is 5.84 Å². The van der Waals surface area contributed by atoms with Crippen LogP contribution >= 0.6 is 0 Å². The van der Waals surface area contributed by atoms with Crippen LogP contribution in [0.1, 0.15) is 5.56 Å². The fourth-order valence-corrected chi connectivity index (χ4v) is 1.86. The molecule has 0 atom stereocenters. The van der Waals surface area contributed by atoms with Crippen molar-refractivity contribution in [2.45, 2.75) is 6.18 Å². The number of piperazine rings is 1. The van der Waals surface area contributed by atoms with Gasteiger partial charge in [-0.3, -0.25) is 0 Å². The minimum atomic E-state index is -4.43. The van der Waals surface area contributed by atoms with Crippen molar-refractivity contribution >= 4 is 11.8 Å². The number of hydrogen-bond acceptors (Lipinski definition) is 5.